The third-order valence-electron chi connectivity index (χ3n) is 5.81. The van der Waals surface area contributed by atoms with Gasteiger partial charge in [0.25, 0.3) is 11.5 Å². The molecule has 1 aliphatic carbocycles. The number of nitrogens with zero attached hydrogens (tertiary/aromatic N) is 3. The van der Waals surface area contributed by atoms with E-state index in [0.717, 1.165) is 38.3 Å². The second-order valence-corrected chi connectivity index (χ2v) is 8.15. The number of rotatable bonds is 4. The fourth-order valence-corrected chi connectivity index (χ4v) is 4.05. The highest BCUT2D eigenvalue weighted by Gasteiger charge is 2.44. The van der Waals surface area contributed by atoms with Crippen molar-refractivity contribution in [2.45, 2.75) is 52.1 Å². The Kier molecular flexibility index (Phi) is 3.75. The van der Waals surface area contributed by atoms with Gasteiger partial charge in [-0.1, -0.05) is 0 Å². The lowest BCUT2D eigenvalue weighted by Gasteiger charge is -2.25. The number of hydrogen-bond acceptors (Lipinski definition) is 4. The summed E-state index contributed by atoms with van der Waals surface area (Å²) in [6.07, 6.45) is 6.06. The maximum absolute atomic E-state index is 12.3. The lowest BCUT2D eigenvalue weighted by Crippen LogP contribution is -2.33. The number of likely N-dealkylation sites (tertiary alicyclic amines) is 1. The quantitative estimate of drug-likeness (QED) is 0.896. The van der Waals surface area contributed by atoms with Gasteiger partial charge in [-0.25, -0.2) is 0 Å². The summed E-state index contributed by atoms with van der Waals surface area (Å²) in [5.74, 6) is 1.16. The first-order valence-electron chi connectivity index (χ1n) is 9.08. The van der Waals surface area contributed by atoms with E-state index < -0.39 is 0 Å². The number of hydrogen-bond donors (Lipinski definition) is 1. The molecule has 2 fully saturated rings. The molecule has 1 saturated heterocycles. The van der Waals surface area contributed by atoms with E-state index >= 15 is 0 Å². The van der Waals surface area contributed by atoms with Crippen LogP contribution in [0.5, 0.6) is 0 Å². The van der Waals surface area contributed by atoms with Gasteiger partial charge in [-0.2, -0.15) is 4.98 Å². The van der Waals surface area contributed by atoms with Gasteiger partial charge in [0.05, 0.1) is 0 Å². The van der Waals surface area contributed by atoms with Crippen LogP contribution in [0.3, 0.4) is 0 Å². The van der Waals surface area contributed by atoms with E-state index in [9.17, 15) is 9.59 Å². The molecule has 1 atom stereocenters. The Morgan fingerprint density at radius 2 is 2.21 bits per heavy atom. The fraction of sp³-hybridized carbons (Fsp3) is 0.722. The van der Waals surface area contributed by atoms with Gasteiger partial charge >= 0.3 is 0 Å². The zero-order valence-electron chi connectivity index (χ0n) is 14.5. The number of carbonyl (C=O) groups excluding carboxylic acids is 1. The number of aromatic nitrogens is 2. The van der Waals surface area contributed by atoms with Crippen LogP contribution in [0.4, 0.5) is 0 Å². The van der Waals surface area contributed by atoms with Crippen molar-refractivity contribution in [1.82, 2.24) is 19.8 Å². The molecule has 1 amide bonds. The van der Waals surface area contributed by atoms with Crippen LogP contribution in [-0.4, -0.2) is 46.0 Å². The minimum absolute atomic E-state index is 0.180. The SMILES string of the molecule is CC(C)N1CCC2(Cc3nc(=O)c(C(=O)NCC4CC4)cn3C2)C1. The first-order valence-corrected chi connectivity index (χ1v) is 9.08. The zero-order chi connectivity index (χ0) is 16.9. The van der Waals surface area contributed by atoms with Crippen molar-refractivity contribution in [1.29, 1.82) is 0 Å². The molecular weight excluding hydrogens is 304 g/mol. The minimum atomic E-state index is -0.384. The van der Waals surface area contributed by atoms with E-state index in [1.54, 1.807) is 6.20 Å². The van der Waals surface area contributed by atoms with Crippen molar-refractivity contribution in [3.8, 4) is 0 Å². The van der Waals surface area contributed by atoms with Gasteiger partial charge in [0, 0.05) is 43.7 Å². The van der Waals surface area contributed by atoms with Crippen LogP contribution in [0.2, 0.25) is 0 Å². The summed E-state index contributed by atoms with van der Waals surface area (Å²) >= 11 is 0. The molecule has 130 valence electrons. The number of fused-ring (bicyclic) bond motifs is 1. The van der Waals surface area contributed by atoms with Gasteiger partial charge in [0.1, 0.15) is 11.4 Å². The van der Waals surface area contributed by atoms with Gasteiger partial charge in [-0.3, -0.25) is 9.59 Å². The average molecular weight is 330 g/mol. The summed E-state index contributed by atoms with van der Waals surface area (Å²) in [6.45, 7) is 8.14. The zero-order valence-corrected chi connectivity index (χ0v) is 14.5. The van der Waals surface area contributed by atoms with Crippen LogP contribution in [0.15, 0.2) is 11.0 Å². The highest BCUT2D eigenvalue weighted by atomic mass is 16.2. The standard InChI is InChI=1S/C18H26N4O2/c1-12(2)21-6-5-18(10-21)7-15-20-17(24)14(9-22(15)11-18)16(23)19-8-13-3-4-13/h9,12-13H,3-8,10-11H2,1-2H3,(H,19,23). The topological polar surface area (TPSA) is 67.2 Å². The highest BCUT2D eigenvalue weighted by molar-refractivity contribution is 5.93. The van der Waals surface area contributed by atoms with Crippen molar-refractivity contribution in [3.05, 3.63) is 27.9 Å². The summed E-state index contributed by atoms with van der Waals surface area (Å²) < 4.78 is 2.04. The molecule has 1 spiro atoms. The molecule has 24 heavy (non-hydrogen) atoms. The smallest absolute Gasteiger partial charge is 0.285 e. The van der Waals surface area contributed by atoms with E-state index in [2.05, 4.69) is 29.0 Å². The second kappa shape index (κ2) is 5.69. The number of amides is 1. The average Bonchev–Trinajstić information content (AvgIpc) is 3.18. The van der Waals surface area contributed by atoms with Gasteiger partial charge in [-0.05, 0) is 45.6 Å². The maximum atomic E-state index is 12.3. The molecule has 3 heterocycles. The molecule has 1 saturated carbocycles. The first kappa shape index (κ1) is 15.8. The second-order valence-electron chi connectivity index (χ2n) is 8.15. The van der Waals surface area contributed by atoms with Gasteiger partial charge < -0.3 is 14.8 Å². The van der Waals surface area contributed by atoms with E-state index in [-0.39, 0.29) is 22.4 Å². The fourth-order valence-electron chi connectivity index (χ4n) is 4.05. The van der Waals surface area contributed by atoms with Crippen LogP contribution in [-0.2, 0) is 13.0 Å². The van der Waals surface area contributed by atoms with Crippen molar-refractivity contribution in [2.24, 2.45) is 11.3 Å². The highest BCUT2D eigenvalue weighted by Crippen LogP contribution is 2.40. The molecule has 1 N–H and O–H groups in total. The van der Waals surface area contributed by atoms with Crippen molar-refractivity contribution in [3.63, 3.8) is 0 Å². The molecule has 6 nitrogen and oxygen atoms in total. The molecule has 3 aliphatic rings. The van der Waals surface area contributed by atoms with Crippen LogP contribution < -0.4 is 10.9 Å². The Bertz CT molecular complexity index is 722. The largest absolute Gasteiger partial charge is 0.352 e. The molecule has 0 bridgehead atoms. The van der Waals surface area contributed by atoms with Crippen LogP contribution in [0.1, 0.15) is 49.3 Å². The third-order valence-corrected chi connectivity index (χ3v) is 5.81. The van der Waals surface area contributed by atoms with E-state index in [0.29, 0.717) is 18.5 Å². The lowest BCUT2D eigenvalue weighted by molar-refractivity contribution is 0.0949. The summed E-state index contributed by atoms with van der Waals surface area (Å²) in [4.78, 5) is 31.3. The van der Waals surface area contributed by atoms with Crippen LogP contribution in [0, 0.1) is 11.3 Å². The Labute approximate surface area is 142 Å². The van der Waals surface area contributed by atoms with E-state index in [1.165, 1.54) is 12.8 Å². The summed E-state index contributed by atoms with van der Waals surface area (Å²) in [5, 5.41) is 2.88. The Hall–Kier alpha value is -1.69. The predicted octanol–water partition coefficient (Wildman–Crippen LogP) is 1.04. The molecule has 1 aromatic heterocycles. The summed E-state index contributed by atoms with van der Waals surface area (Å²) in [5.41, 5.74) is -0.0136. The molecule has 0 radical (unpaired) electrons. The van der Waals surface area contributed by atoms with Crippen LogP contribution in [0.25, 0.3) is 0 Å². The molecule has 6 heteroatoms. The Morgan fingerprint density at radius 3 is 2.88 bits per heavy atom. The minimum Gasteiger partial charge on any atom is -0.352 e. The lowest BCUT2D eigenvalue weighted by atomic mass is 9.86. The Balaban J connectivity index is 1.52. The van der Waals surface area contributed by atoms with Gasteiger partial charge in [-0.15, -0.1) is 0 Å². The normalized spacial score (nSPS) is 26.3. The molecule has 1 aromatic rings. The first-order chi connectivity index (χ1) is 11.5. The summed E-state index contributed by atoms with van der Waals surface area (Å²) in [6, 6.07) is 0.546. The molecule has 1 unspecified atom stereocenters. The van der Waals surface area contributed by atoms with Crippen molar-refractivity contribution < 1.29 is 4.79 Å². The van der Waals surface area contributed by atoms with E-state index in [4.69, 9.17) is 0 Å². The number of carbonyl (C=O) groups is 1. The molecule has 2 aliphatic heterocycles. The van der Waals surface area contributed by atoms with Crippen LogP contribution >= 0.6 is 0 Å². The number of nitrogens with one attached hydrogen (secondary N) is 1. The third kappa shape index (κ3) is 2.88. The molecule has 0 aromatic carbocycles. The van der Waals surface area contributed by atoms with Crippen molar-refractivity contribution in [2.75, 3.05) is 19.6 Å². The van der Waals surface area contributed by atoms with Crippen molar-refractivity contribution >= 4 is 5.91 Å². The molecule has 4 rings (SSSR count). The van der Waals surface area contributed by atoms with Gasteiger partial charge in [0.15, 0.2) is 0 Å². The monoisotopic (exact) mass is 330 g/mol. The maximum Gasteiger partial charge on any atom is 0.285 e. The predicted molar refractivity (Wildman–Crippen MR) is 91.0 cm³/mol. The van der Waals surface area contributed by atoms with Gasteiger partial charge in [0.2, 0.25) is 0 Å². The Morgan fingerprint density at radius 1 is 1.42 bits per heavy atom. The summed E-state index contributed by atoms with van der Waals surface area (Å²) in [7, 11) is 0. The van der Waals surface area contributed by atoms with E-state index in [1.807, 2.05) is 4.57 Å². The molecular formula is C18H26N4O2.